The van der Waals surface area contributed by atoms with Crippen LogP contribution in [0.15, 0.2) is 24.3 Å². The molecule has 0 unspecified atom stereocenters. The van der Waals surface area contributed by atoms with E-state index in [1.807, 2.05) is 0 Å². The van der Waals surface area contributed by atoms with Crippen LogP contribution in [0.25, 0.3) is 0 Å². The summed E-state index contributed by atoms with van der Waals surface area (Å²) in [7, 11) is -3.29. The van der Waals surface area contributed by atoms with Crippen molar-refractivity contribution in [2.45, 2.75) is 71.6 Å². The van der Waals surface area contributed by atoms with E-state index in [1.165, 1.54) is 36.8 Å². The predicted octanol–water partition coefficient (Wildman–Crippen LogP) is 4.48. The molecular weight excluding hydrogens is 356 g/mol. The highest BCUT2D eigenvalue weighted by atomic mass is 32.2. The molecule has 1 aromatic carbocycles. The fourth-order valence-corrected chi connectivity index (χ4v) is 5.87. The van der Waals surface area contributed by atoms with E-state index in [-0.39, 0.29) is 0 Å². The SMILES string of the molecule is CC(C)(C)C1CCC(c2ccc(CCNS(=O)(=O)N3CCCC3)cc2)CC1. The third-order valence-electron chi connectivity index (χ3n) is 6.51. The normalized spacial score (nSPS) is 25.0. The van der Waals surface area contributed by atoms with Crippen molar-refractivity contribution in [3.05, 3.63) is 35.4 Å². The minimum absolute atomic E-state index is 0.428. The van der Waals surface area contributed by atoms with Crippen LogP contribution in [-0.4, -0.2) is 32.4 Å². The molecule has 0 bridgehead atoms. The Morgan fingerprint density at radius 2 is 1.59 bits per heavy atom. The van der Waals surface area contributed by atoms with Gasteiger partial charge in [-0.25, -0.2) is 4.72 Å². The molecule has 0 radical (unpaired) electrons. The Balaban J connectivity index is 1.46. The lowest BCUT2D eigenvalue weighted by Gasteiger charge is -2.37. The molecule has 152 valence electrons. The van der Waals surface area contributed by atoms with Crippen LogP contribution in [0.2, 0.25) is 0 Å². The smallest absolute Gasteiger partial charge is 0.202 e. The number of nitrogens with one attached hydrogen (secondary N) is 1. The van der Waals surface area contributed by atoms with Crippen LogP contribution in [0.3, 0.4) is 0 Å². The molecule has 1 aromatic rings. The summed E-state index contributed by atoms with van der Waals surface area (Å²) in [6, 6.07) is 8.86. The molecule has 3 rings (SSSR count). The van der Waals surface area contributed by atoms with Gasteiger partial charge in [0.1, 0.15) is 0 Å². The molecule has 1 saturated heterocycles. The number of rotatable bonds is 6. The Hall–Kier alpha value is -0.910. The summed E-state index contributed by atoms with van der Waals surface area (Å²) >= 11 is 0. The first-order chi connectivity index (χ1) is 12.8. The number of hydrogen-bond acceptors (Lipinski definition) is 2. The van der Waals surface area contributed by atoms with E-state index >= 15 is 0 Å². The second-order valence-corrected chi connectivity index (χ2v) is 11.2. The second kappa shape index (κ2) is 8.62. The minimum atomic E-state index is -3.29. The summed E-state index contributed by atoms with van der Waals surface area (Å²) in [5.74, 6) is 1.53. The maximum absolute atomic E-state index is 12.2. The summed E-state index contributed by atoms with van der Waals surface area (Å²) in [6.07, 6.45) is 7.92. The molecule has 1 saturated carbocycles. The van der Waals surface area contributed by atoms with Crippen molar-refractivity contribution in [2.24, 2.45) is 11.3 Å². The van der Waals surface area contributed by atoms with Crippen LogP contribution in [0, 0.1) is 11.3 Å². The van der Waals surface area contributed by atoms with Gasteiger partial charge in [0, 0.05) is 19.6 Å². The lowest BCUT2D eigenvalue weighted by molar-refractivity contribution is 0.169. The van der Waals surface area contributed by atoms with Crippen molar-refractivity contribution in [3.8, 4) is 0 Å². The average Bonchev–Trinajstić information content (AvgIpc) is 3.17. The molecule has 5 heteroatoms. The highest BCUT2D eigenvalue weighted by Crippen LogP contribution is 2.43. The van der Waals surface area contributed by atoms with E-state index in [0.29, 0.717) is 31.0 Å². The van der Waals surface area contributed by atoms with Gasteiger partial charge in [0.25, 0.3) is 10.2 Å². The maximum Gasteiger partial charge on any atom is 0.279 e. The van der Waals surface area contributed by atoms with Gasteiger partial charge in [-0.2, -0.15) is 12.7 Å². The lowest BCUT2D eigenvalue weighted by Crippen LogP contribution is -2.39. The highest BCUT2D eigenvalue weighted by molar-refractivity contribution is 7.87. The molecule has 2 fully saturated rings. The van der Waals surface area contributed by atoms with E-state index < -0.39 is 10.2 Å². The van der Waals surface area contributed by atoms with E-state index in [9.17, 15) is 8.42 Å². The summed E-state index contributed by atoms with van der Waals surface area (Å²) in [5, 5.41) is 0. The Morgan fingerprint density at radius 1 is 1.00 bits per heavy atom. The second-order valence-electron chi connectivity index (χ2n) is 9.41. The zero-order chi connectivity index (χ0) is 19.5. The molecule has 1 heterocycles. The fraction of sp³-hybridized carbons (Fsp3) is 0.727. The Labute approximate surface area is 165 Å². The van der Waals surface area contributed by atoms with Crippen LogP contribution in [0.4, 0.5) is 0 Å². The van der Waals surface area contributed by atoms with Crippen molar-refractivity contribution >= 4 is 10.2 Å². The first kappa shape index (κ1) is 20.8. The molecule has 1 aliphatic carbocycles. The van der Waals surface area contributed by atoms with Crippen molar-refractivity contribution < 1.29 is 8.42 Å². The van der Waals surface area contributed by atoms with Gasteiger partial charge in [0.05, 0.1) is 0 Å². The van der Waals surface area contributed by atoms with Crippen LogP contribution in [-0.2, 0) is 16.6 Å². The molecular formula is C22H36N2O2S. The van der Waals surface area contributed by atoms with Crippen molar-refractivity contribution in [1.82, 2.24) is 9.03 Å². The van der Waals surface area contributed by atoms with Crippen LogP contribution < -0.4 is 4.72 Å². The molecule has 0 spiro atoms. The van der Waals surface area contributed by atoms with Gasteiger partial charge >= 0.3 is 0 Å². The van der Waals surface area contributed by atoms with E-state index in [1.54, 1.807) is 4.31 Å². The first-order valence-corrected chi connectivity index (χ1v) is 12.0. The molecule has 2 aliphatic rings. The van der Waals surface area contributed by atoms with Gasteiger partial charge in [-0.1, -0.05) is 45.0 Å². The predicted molar refractivity (Wildman–Crippen MR) is 112 cm³/mol. The third-order valence-corrected chi connectivity index (χ3v) is 8.12. The summed E-state index contributed by atoms with van der Waals surface area (Å²) < 4.78 is 28.7. The summed E-state index contributed by atoms with van der Waals surface area (Å²) in [5.41, 5.74) is 3.08. The Morgan fingerprint density at radius 3 is 2.15 bits per heavy atom. The van der Waals surface area contributed by atoms with Crippen molar-refractivity contribution in [2.75, 3.05) is 19.6 Å². The largest absolute Gasteiger partial charge is 0.279 e. The molecule has 4 nitrogen and oxygen atoms in total. The molecule has 1 aliphatic heterocycles. The highest BCUT2D eigenvalue weighted by Gasteiger charge is 2.30. The maximum atomic E-state index is 12.2. The minimum Gasteiger partial charge on any atom is -0.202 e. The quantitative estimate of drug-likeness (QED) is 0.776. The van der Waals surface area contributed by atoms with Gasteiger partial charge in [-0.15, -0.1) is 0 Å². The molecule has 0 amide bonds. The summed E-state index contributed by atoms with van der Waals surface area (Å²) in [6.45, 7) is 8.87. The van der Waals surface area contributed by atoms with E-state index in [4.69, 9.17) is 0 Å². The molecule has 0 atom stereocenters. The van der Waals surface area contributed by atoms with E-state index in [0.717, 1.165) is 25.2 Å². The van der Waals surface area contributed by atoms with Crippen LogP contribution in [0.1, 0.15) is 76.3 Å². The van der Waals surface area contributed by atoms with Gasteiger partial charge < -0.3 is 0 Å². The lowest BCUT2D eigenvalue weighted by atomic mass is 9.68. The standard InChI is InChI=1S/C22H36N2O2S/c1-22(2,3)21-12-10-20(11-13-21)19-8-6-18(7-9-19)14-15-23-27(25,26)24-16-4-5-17-24/h6-9,20-21,23H,4-5,10-17H2,1-3H3. The number of nitrogens with zero attached hydrogens (tertiary/aromatic N) is 1. The number of hydrogen-bond donors (Lipinski definition) is 1. The van der Waals surface area contributed by atoms with Crippen molar-refractivity contribution in [3.63, 3.8) is 0 Å². The molecule has 27 heavy (non-hydrogen) atoms. The zero-order valence-electron chi connectivity index (χ0n) is 17.2. The van der Waals surface area contributed by atoms with Gasteiger partial charge in [0.15, 0.2) is 0 Å². The topological polar surface area (TPSA) is 49.4 Å². The monoisotopic (exact) mass is 392 g/mol. The first-order valence-electron chi connectivity index (χ1n) is 10.6. The molecule has 1 N–H and O–H groups in total. The Bertz CT molecular complexity index is 693. The summed E-state index contributed by atoms with van der Waals surface area (Å²) in [4.78, 5) is 0. The third kappa shape index (κ3) is 5.55. The van der Waals surface area contributed by atoms with Crippen molar-refractivity contribution in [1.29, 1.82) is 0 Å². The Kier molecular flexibility index (Phi) is 6.65. The van der Waals surface area contributed by atoms with Crippen LogP contribution >= 0.6 is 0 Å². The van der Waals surface area contributed by atoms with Gasteiger partial charge in [0.2, 0.25) is 0 Å². The number of benzene rings is 1. The molecule has 0 aromatic heterocycles. The zero-order valence-corrected chi connectivity index (χ0v) is 18.0. The van der Waals surface area contributed by atoms with Gasteiger partial charge in [-0.05, 0) is 73.3 Å². The van der Waals surface area contributed by atoms with Gasteiger partial charge in [-0.3, -0.25) is 0 Å². The van der Waals surface area contributed by atoms with Crippen LogP contribution in [0.5, 0.6) is 0 Å². The average molecular weight is 393 g/mol. The van der Waals surface area contributed by atoms with E-state index in [2.05, 4.69) is 49.8 Å². The fourth-order valence-electron chi connectivity index (χ4n) is 4.59.